The van der Waals surface area contributed by atoms with Gasteiger partial charge in [0.1, 0.15) is 0 Å². The fourth-order valence-electron chi connectivity index (χ4n) is 3.76. The fraction of sp³-hybridized carbons (Fsp3) is 0.733. The van der Waals surface area contributed by atoms with E-state index in [4.69, 9.17) is 0 Å². The van der Waals surface area contributed by atoms with Crippen LogP contribution in [0.4, 0.5) is 0 Å². The van der Waals surface area contributed by atoms with Crippen molar-refractivity contribution < 1.29 is 0 Å². The normalized spacial score (nSPS) is 43.3. The highest BCUT2D eigenvalue weighted by molar-refractivity contribution is 5.22. The molecule has 0 amide bonds. The Balaban J connectivity index is 2.39. The second-order valence-corrected chi connectivity index (χ2v) is 6.44. The molecule has 2 rings (SSSR count). The molecule has 0 saturated heterocycles. The van der Waals surface area contributed by atoms with E-state index in [1.807, 2.05) is 0 Å². The van der Waals surface area contributed by atoms with Gasteiger partial charge in [0.2, 0.25) is 0 Å². The molecule has 2 bridgehead atoms. The number of fused-ring (bicyclic) bond motifs is 2. The zero-order valence-electron chi connectivity index (χ0n) is 10.6. The van der Waals surface area contributed by atoms with Crippen molar-refractivity contribution in [1.82, 2.24) is 0 Å². The van der Waals surface area contributed by atoms with Gasteiger partial charge in [-0.15, -0.1) is 6.58 Å². The van der Waals surface area contributed by atoms with Gasteiger partial charge in [0, 0.05) is 0 Å². The Bertz CT molecular complexity index is 308. The zero-order valence-corrected chi connectivity index (χ0v) is 10.6. The largest absolute Gasteiger partial charge is 0.103 e. The van der Waals surface area contributed by atoms with Gasteiger partial charge in [-0.1, -0.05) is 38.5 Å². The van der Waals surface area contributed by atoms with Gasteiger partial charge in [0.15, 0.2) is 0 Å². The highest BCUT2D eigenvalue weighted by Crippen LogP contribution is 2.55. The molecule has 0 unspecified atom stereocenters. The van der Waals surface area contributed by atoms with Gasteiger partial charge in [-0.05, 0) is 48.9 Å². The summed E-state index contributed by atoms with van der Waals surface area (Å²) in [7, 11) is 0. The SMILES string of the molecule is C=C[C@]1(C)CC[C@H]2C[C@@H]1C(C)=CC2(C)C. The third kappa shape index (κ3) is 1.58. The predicted octanol–water partition coefficient (Wildman–Crippen LogP) is 4.58. The van der Waals surface area contributed by atoms with Gasteiger partial charge >= 0.3 is 0 Å². The molecular weight excluding hydrogens is 180 g/mol. The topological polar surface area (TPSA) is 0 Å². The molecule has 0 aromatic heterocycles. The molecule has 2 aliphatic rings. The molecule has 0 radical (unpaired) electrons. The standard InChI is InChI=1S/C15H24/c1-6-15(5)8-7-12-9-13(15)11(2)10-14(12,3)4/h6,10,12-13H,1,7-9H2,2-5H3/t12-,13+,15+/m0/s1. The van der Waals surface area contributed by atoms with E-state index < -0.39 is 0 Å². The first-order valence-electron chi connectivity index (χ1n) is 6.22. The van der Waals surface area contributed by atoms with Crippen molar-refractivity contribution >= 4 is 0 Å². The van der Waals surface area contributed by atoms with E-state index in [0.29, 0.717) is 10.8 Å². The lowest BCUT2D eigenvalue weighted by atomic mass is 9.53. The predicted molar refractivity (Wildman–Crippen MR) is 66.7 cm³/mol. The molecule has 1 saturated carbocycles. The average Bonchev–Trinajstić information content (AvgIpc) is 2.16. The second kappa shape index (κ2) is 3.23. The van der Waals surface area contributed by atoms with E-state index in [9.17, 15) is 0 Å². The lowest BCUT2D eigenvalue weighted by Crippen LogP contribution is -2.41. The van der Waals surface area contributed by atoms with Gasteiger partial charge in [0.25, 0.3) is 0 Å². The monoisotopic (exact) mass is 204 g/mol. The van der Waals surface area contributed by atoms with Gasteiger partial charge < -0.3 is 0 Å². The van der Waals surface area contributed by atoms with Crippen molar-refractivity contribution in [3.8, 4) is 0 Å². The van der Waals surface area contributed by atoms with E-state index in [-0.39, 0.29) is 0 Å². The Morgan fingerprint density at radius 2 is 2.07 bits per heavy atom. The van der Waals surface area contributed by atoms with Crippen LogP contribution in [0.5, 0.6) is 0 Å². The molecule has 0 spiro atoms. The van der Waals surface area contributed by atoms with Crippen molar-refractivity contribution in [1.29, 1.82) is 0 Å². The van der Waals surface area contributed by atoms with E-state index in [2.05, 4.69) is 46.4 Å². The van der Waals surface area contributed by atoms with Crippen LogP contribution in [-0.4, -0.2) is 0 Å². The lowest BCUT2D eigenvalue weighted by Gasteiger charge is -2.51. The molecule has 0 heteroatoms. The first kappa shape index (κ1) is 11.0. The number of hydrogen-bond donors (Lipinski definition) is 0. The Hall–Kier alpha value is -0.520. The quantitative estimate of drug-likeness (QED) is 0.548. The number of hydrogen-bond acceptors (Lipinski definition) is 0. The summed E-state index contributed by atoms with van der Waals surface area (Å²) in [6.07, 6.45) is 8.78. The summed E-state index contributed by atoms with van der Waals surface area (Å²) in [5.74, 6) is 1.64. The van der Waals surface area contributed by atoms with Crippen LogP contribution in [0.1, 0.15) is 47.0 Å². The lowest BCUT2D eigenvalue weighted by molar-refractivity contribution is 0.0797. The molecule has 84 valence electrons. The molecule has 2 aliphatic carbocycles. The number of rotatable bonds is 1. The smallest absolute Gasteiger partial charge is 0.00837 e. The van der Waals surface area contributed by atoms with Crippen LogP contribution >= 0.6 is 0 Å². The van der Waals surface area contributed by atoms with E-state index >= 15 is 0 Å². The van der Waals surface area contributed by atoms with Crippen LogP contribution in [-0.2, 0) is 0 Å². The summed E-state index contributed by atoms with van der Waals surface area (Å²) in [6.45, 7) is 13.5. The van der Waals surface area contributed by atoms with Crippen molar-refractivity contribution in [2.75, 3.05) is 0 Å². The van der Waals surface area contributed by atoms with E-state index in [0.717, 1.165) is 11.8 Å². The van der Waals surface area contributed by atoms with Crippen LogP contribution in [0.25, 0.3) is 0 Å². The molecule has 0 N–H and O–H groups in total. The number of allylic oxidation sites excluding steroid dienone is 3. The van der Waals surface area contributed by atoms with Gasteiger partial charge in [-0.25, -0.2) is 0 Å². The van der Waals surface area contributed by atoms with Gasteiger partial charge in [0.05, 0.1) is 0 Å². The van der Waals surface area contributed by atoms with Crippen molar-refractivity contribution in [3.05, 3.63) is 24.3 Å². The molecule has 0 nitrogen and oxygen atoms in total. The minimum Gasteiger partial charge on any atom is -0.103 e. The maximum atomic E-state index is 4.05. The summed E-state index contributed by atoms with van der Waals surface area (Å²) in [4.78, 5) is 0. The summed E-state index contributed by atoms with van der Waals surface area (Å²) in [5, 5.41) is 0. The maximum absolute atomic E-state index is 4.05. The minimum absolute atomic E-state index is 0.355. The van der Waals surface area contributed by atoms with Crippen molar-refractivity contribution in [3.63, 3.8) is 0 Å². The van der Waals surface area contributed by atoms with E-state index in [1.165, 1.54) is 19.3 Å². The Kier molecular flexibility index (Phi) is 2.37. The Labute approximate surface area is 94.5 Å². The minimum atomic E-state index is 0.355. The summed E-state index contributed by atoms with van der Waals surface area (Å²) >= 11 is 0. The summed E-state index contributed by atoms with van der Waals surface area (Å²) in [5.41, 5.74) is 2.37. The van der Waals surface area contributed by atoms with Crippen molar-refractivity contribution in [2.24, 2.45) is 22.7 Å². The average molecular weight is 204 g/mol. The summed E-state index contributed by atoms with van der Waals surface area (Å²) < 4.78 is 0. The Morgan fingerprint density at radius 3 is 2.67 bits per heavy atom. The van der Waals surface area contributed by atoms with Crippen LogP contribution in [0.15, 0.2) is 24.3 Å². The van der Waals surface area contributed by atoms with Crippen LogP contribution in [0.2, 0.25) is 0 Å². The van der Waals surface area contributed by atoms with Crippen molar-refractivity contribution in [2.45, 2.75) is 47.0 Å². The zero-order chi connectivity index (χ0) is 11.3. The second-order valence-electron chi connectivity index (χ2n) is 6.44. The first-order valence-corrected chi connectivity index (χ1v) is 6.22. The molecular formula is C15H24. The van der Waals surface area contributed by atoms with Crippen LogP contribution in [0, 0.1) is 22.7 Å². The molecule has 15 heavy (non-hydrogen) atoms. The van der Waals surface area contributed by atoms with Gasteiger partial charge in [-0.2, -0.15) is 0 Å². The third-order valence-electron chi connectivity index (χ3n) is 5.02. The molecule has 0 aliphatic heterocycles. The van der Waals surface area contributed by atoms with Crippen LogP contribution < -0.4 is 0 Å². The molecule has 0 heterocycles. The molecule has 0 aromatic rings. The highest BCUT2D eigenvalue weighted by atomic mass is 14.5. The van der Waals surface area contributed by atoms with E-state index in [1.54, 1.807) is 5.57 Å². The third-order valence-corrected chi connectivity index (χ3v) is 5.02. The highest BCUT2D eigenvalue weighted by Gasteiger charge is 2.45. The Morgan fingerprint density at radius 1 is 1.40 bits per heavy atom. The van der Waals surface area contributed by atoms with Crippen LogP contribution in [0.3, 0.4) is 0 Å². The maximum Gasteiger partial charge on any atom is -0.00837 e. The molecule has 0 aromatic carbocycles. The summed E-state index contributed by atoms with van der Waals surface area (Å²) in [6, 6.07) is 0. The van der Waals surface area contributed by atoms with Gasteiger partial charge in [-0.3, -0.25) is 0 Å². The molecule has 1 fully saturated rings. The molecule has 3 atom stereocenters. The fourth-order valence-corrected chi connectivity index (χ4v) is 3.76. The first-order chi connectivity index (χ1) is 6.89.